The molecule has 0 bridgehead atoms. The van der Waals surface area contributed by atoms with Crippen molar-refractivity contribution in [3.63, 3.8) is 0 Å². The van der Waals surface area contributed by atoms with Crippen LogP contribution in [0.25, 0.3) is 0 Å². The zero-order valence-electron chi connectivity index (χ0n) is 15.5. The largest absolute Gasteiger partial charge is 0.493 e. The Labute approximate surface area is 154 Å². The maximum atomic E-state index is 13.5. The van der Waals surface area contributed by atoms with Gasteiger partial charge in [0.2, 0.25) is 5.91 Å². The van der Waals surface area contributed by atoms with Gasteiger partial charge in [0.25, 0.3) is 0 Å². The van der Waals surface area contributed by atoms with Gasteiger partial charge in [0, 0.05) is 13.1 Å². The summed E-state index contributed by atoms with van der Waals surface area (Å²) in [5.74, 6) is 0.0524. The summed E-state index contributed by atoms with van der Waals surface area (Å²) in [4.78, 5) is 26.5. The third-order valence-electron chi connectivity index (χ3n) is 5.88. The molecule has 1 amide bonds. The molecule has 6 heteroatoms. The van der Waals surface area contributed by atoms with Crippen molar-refractivity contribution in [2.45, 2.75) is 43.9 Å². The highest BCUT2D eigenvalue weighted by Crippen LogP contribution is 2.44. The quantitative estimate of drug-likeness (QED) is 0.873. The molecule has 2 aliphatic rings. The lowest BCUT2D eigenvalue weighted by Gasteiger charge is -2.39. The SMILES string of the molecule is COc1ccc(C2(C(=O)N3CC[C@@H](C(=O)O)C3)CCCCC2)cc1OC. The minimum absolute atomic E-state index is 0.0631. The van der Waals surface area contributed by atoms with Crippen LogP contribution >= 0.6 is 0 Å². The Morgan fingerprint density at radius 1 is 1.12 bits per heavy atom. The van der Waals surface area contributed by atoms with Gasteiger partial charge < -0.3 is 19.5 Å². The van der Waals surface area contributed by atoms with Crippen LogP contribution in [-0.4, -0.2) is 49.2 Å². The average molecular weight is 361 g/mol. The second-order valence-electron chi connectivity index (χ2n) is 7.29. The molecule has 1 aromatic rings. The fourth-order valence-electron chi connectivity index (χ4n) is 4.36. The molecule has 2 fully saturated rings. The van der Waals surface area contributed by atoms with Crippen molar-refractivity contribution >= 4 is 11.9 Å². The third-order valence-corrected chi connectivity index (χ3v) is 5.88. The maximum absolute atomic E-state index is 13.5. The van der Waals surface area contributed by atoms with E-state index in [1.807, 2.05) is 18.2 Å². The zero-order valence-corrected chi connectivity index (χ0v) is 15.5. The summed E-state index contributed by atoms with van der Waals surface area (Å²) in [7, 11) is 3.18. The number of benzene rings is 1. The number of likely N-dealkylation sites (tertiary alicyclic amines) is 1. The topological polar surface area (TPSA) is 76.1 Å². The Morgan fingerprint density at radius 3 is 2.38 bits per heavy atom. The Kier molecular flexibility index (Phi) is 5.39. The number of carboxylic acid groups (broad SMARTS) is 1. The van der Waals surface area contributed by atoms with Crippen LogP contribution in [0, 0.1) is 5.92 Å². The van der Waals surface area contributed by atoms with E-state index in [0.717, 1.165) is 37.7 Å². The number of carbonyl (C=O) groups excluding carboxylic acids is 1. The van der Waals surface area contributed by atoms with Gasteiger partial charge in [0.05, 0.1) is 25.6 Å². The monoisotopic (exact) mass is 361 g/mol. The number of carboxylic acids is 1. The van der Waals surface area contributed by atoms with E-state index >= 15 is 0 Å². The molecule has 1 aliphatic heterocycles. The number of rotatable bonds is 5. The molecule has 1 aromatic carbocycles. The molecule has 0 unspecified atom stereocenters. The van der Waals surface area contributed by atoms with Crippen molar-refractivity contribution in [1.82, 2.24) is 4.90 Å². The van der Waals surface area contributed by atoms with Gasteiger partial charge >= 0.3 is 5.97 Å². The average Bonchev–Trinajstić information content (AvgIpc) is 3.17. The molecule has 1 heterocycles. The van der Waals surface area contributed by atoms with Crippen LogP contribution in [0.4, 0.5) is 0 Å². The van der Waals surface area contributed by atoms with Gasteiger partial charge in [-0.25, -0.2) is 0 Å². The molecule has 1 saturated heterocycles. The number of hydrogen-bond acceptors (Lipinski definition) is 4. The van der Waals surface area contributed by atoms with Crippen LogP contribution in [-0.2, 0) is 15.0 Å². The predicted molar refractivity (Wildman–Crippen MR) is 96.6 cm³/mol. The van der Waals surface area contributed by atoms with E-state index in [-0.39, 0.29) is 5.91 Å². The van der Waals surface area contributed by atoms with Crippen LogP contribution in [0.15, 0.2) is 18.2 Å². The lowest BCUT2D eigenvalue weighted by molar-refractivity contribution is -0.142. The van der Waals surface area contributed by atoms with E-state index in [4.69, 9.17) is 9.47 Å². The number of aliphatic carboxylic acids is 1. The molecule has 142 valence electrons. The Hall–Kier alpha value is -2.24. The van der Waals surface area contributed by atoms with Crippen molar-refractivity contribution in [2.24, 2.45) is 5.92 Å². The second kappa shape index (κ2) is 7.56. The van der Waals surface area contributed by atoms with E-state index in [0.29, 0.717) is 31.0 Å². The Balaban J connectivity index is 1.94. The van der Waals surface area contributed by atoms with E-state index in [1.54, 1.807) is 19.1 Å². The summed E-state index contributed by atoms with van der Waals surface area (Å²) >= 11 is 0. The van der Waals surface area contributed by atoms with Crippen molar-refractivity contribution in [1.29, 1.82) is 0 Å². The first-order valence-corrected chi connectivity index (χ1v) is 9.26. The molecule has 1 atom stereocenters. The van der Waals surface area contributed by atoms with Crippen molar-refractivity contribution in [3.05, 3.63) is 23.8 Å². The van der Waals surface area contributed by atoms with Gasteiger partial charge in [-0.2, -0.15) is 0 Å². The molecular formula is C20H27NO5. The first-order valence-electron chi connectivity index (χ1n) is 9.26. The Morgan fingerprint density at radius 2 is 1.81 bits per heavy atom. The van der Waals surface area contributed by atoms with E-state index in [1.165, 1.54) is 0 Å². The zero-order chi connectivity index (χ0) is 18.7. The molecule has 0 aromatic heterocycles. The summed E-state index contributed by atoms with van der Waals surface area (Å²) < 4.78 is 10.8. The molecule has 26 heavy (non-hydrogen) atoms. The first-order chi connectivity index (χ1) is 12.5. The standard InChI is InChI=1S/C20H27NO5/c1-25-16-7-6-15(12-17(16)26-2)20(9-4-3-5-10-20)19(24)21-11-8-14(13-21)18(22)23/h6-7,12,14H,3-5,8-11,13H2,1-2H3,(H,22,23)/t14-/m1/s1. The second-order valence-corrected chi connectivity index (χ2v) is 7.29. The van der Waals surface area contributed by atoms with Crippen molar-refractivity contribution < 1.29 is 24.2 Å². The van der Waals surface area contributed by atoms with Gasteiger partial charge in [-0.3, -0.25) is 9.59 Å². The number of nitrogens with zero attached hydrogens (tertiary/aromatic N) is 1. The number of ether oxygens (including phenoxy) is 2. The molecule has 6 nitrogen and oxygen atoms in total. The van der Waals surface area contributed by atoms with Crippen LogP contribution in [0.3, 0.4) is 0 Å². The smallest absolute Gasteiger partial charge is 0.308 e. The number of methoxy groups -OCH3 is 2. The molecule has 1 saturated carbocycles. The number of carbonyl (C=O) groups is 2. The highest BCUT2D eigenvalue weighted by atomic mass is 16.5. The summed E-state index contributed by atoms with van der Waals surface area (Å²) in [5.41, 5.74) is 0.351. The van der Waals surface area contributed by atoms with Gasteiger partial charge in [-0.05, 0) is 37.0 Å². The van der Waals surface area contributed by atoms with Gasteiger partial charge in [-0.1, -0.05) is 25.3 Å². The minimum Gasteiger partial charge on any atom is -0.493 e. The fraction of sp³-hybridized carbons (Fsp3) is 0.600. The minimum atomic E-state index is -0.816. The molecule has 1 N–H and O–H groups in total. The van der Waals surface area contributed by atoms with Crippen molar-refractivity contribution in [3.8, 4) is 11.5 Å². The lowest BCUT2D eigenvalue weighted by Crippen LogP contribution is -2.47. The number of hydrogen-bond donors (Lipinski definition) is 1. The summed E-state index contributed by atoms with van der Waals surface area (Å²) in [6, 6.07) is 5.71. The van der Waals surface area contributed by atoms with Crippen LogP contribution < -0.4 is 9.47 Å². The fourth-order valence-corrected chi connectivity index (χ4v) is 4.36. The van der Waals surface area contributed by atoms with E-state index < -0.39 is 17.3 Å². The molecule has 0 radical (unpaired) electrons. The first kappa shape index (κ1) is 18.5. The normalized spacial score (nSPS) is 22.1. The Bertz CT molecular complexity index is 681. The lowest BCUT2D eigenvalue weighted by atomic mass is 9.68. The highest BCUT2D eigenvalue weighted by Gasteiger charge is 2.46. The number of amides is 1. The summed E-state index contributed by atoms with van der Waals surface area (Å²) in [5, 5.41) is 9.26. The summed E-state index contributed by atoms with van der Waals surface area (Å²) in [6.45, 7) is 0.827. The van der Waals surface area contributed by atoms with Gasteiger partial charge in [0.1, 0.15) is 0 Å². The maximum Gasteiger partial charge on any atom is 0.308 e. The highest BCUT2D eigenvalue weighted by molar-refractivity contribution is 5.89. The molecule has 0 spiro atoms. The molecule has 1 aliphatic carbocycles. The predicted octanol–water partition coefficient (Wildman–Crippen LogP) is 2.84. The molecular weight excluding hydrogens is 334 g/mol. The van der Waals surface area contributed by atoms with Crippen molar-refractivity contribution in [2.75, 3.05) is 27.3 Å². The van der Waals surface area contributed by atoms with E-state index in [9.17, 15) is 14.7 Å². The van der Waals surface area contributed by atoms with E-state index in [2.05, 4.69) is 0 Å². The van der Waals surface area contributed by atoms with Crippen LogP contribution in [0.1, 0.15) is 44.1 Å². The van der Waals surface area contributed by atoms with Crippen LogP contribution in [0.2, 0.25) is 0 Å². The third kappa shape index (κ3) is 3.24. The van der Waals surface area contributed by atoms with Gasteiger partial charge in [0.15, 0.2) is 11.5 Å². The van der Waals surface area contributed by atoms with Gasteiger partial charge in [-0.15, -0.1) is 0 Å². The van der Waals surface area contributed by atoms with Crippen LogP contribution in [0.5, 0.6) is 11.5 Å². The molecule has 3 rings (SSSR count). The summed E-state index contributed by atoms with van der Waals surface area (Å²) in [6.07, 6.45) is 5.22.